The summed E-state index contributed by atoms with van der Waals surface area (Å²) in [6.07, 6.45) is 3.55. The summed E-state index contributed by atoms with van der Waals surface area (Å²) in [6, 6.07) is 2.23. The van der Waals surface area contributed by atoms with Crippen molar-refractivity contribution in [2.75, 3.05) is 6.54 Å². The van der Waals surface area contributed by atoms with Gasteiger partial charge in [-0.05, 0) is 31.9 Å². The Kier molecular flexibility index (Phi) is 6.19. The number of rotatable bonds is 4. The molecule has 0 aliphatic carbocycles. The monoisotopic (exact) mass is 305 g/mol. The maximum absolute atomic E-state index is 10.7. The third kappa shape index (κ3) is 4.14. The first kappa shape index (κ1) is 16.4. The first-order valence-electron chi connectivity index (χ1n) is 6.29. The molecule has 0 radical (unpaired) electrons. The van der Waals surface area contributed by atoms with Gasteiger partial charge in [-0.1, -0.05) is 17.8 Å². The minimum atomic E-state index is -0.326. The van der Waals surface area contributed by atoms with Crippen molar-refractivity contribution in [2.45, 2.75) is 44.8 Å². The van der Waals surface area contributed by atoms with Crippen molar-refractivity contribution in [1.82, 2.24) is 4.90 Å². The standard InChI is InChI=1S/C12H19N3O2S.ClH/c1-9(13)11-4-2-3-5-14(11)7-10-6-12(15(16)17)18-8-10;/h6,8-9,11H,2-5,7,13H2,1H3;1H. The molecule has 108 valence electrons. The second-order valence-corrected chi connectivity index (χ2v) is 5.83. The molecule has 1 saturated heterocycles. The summed E-state index contributed by atoms with van der Waals surface area (Å²) in [5.41, 5.74) is 7.04. The van der Waals surface area contributed by atoms with Crippen LogP contribution in [0.5, 0.6) is 0 Å². The van der Waals surface area contributed by atoms with Gasteiger partial charge < -0.3 is 5.73 Å². The van der Waals surface area contributed by atoms with Gasteiger partial charge >= 0.3 is 5.00 Å². The molecule has 0 bridgehead atoms. The average Bonchev–Trinajstić information content (AvgIpc) is 2.78. The fourth-order valence-electron chi connectivity index (χ4n) is 2.58. The van der Waals surface area contributed by atoms with E-state index in [0.717, 1.165) is 25.1 Å². The molecule has 7 heteroatoms. The van der Waals surface area contributed by atoms with Gasteiger partial charge in [-0.25, -0.2) is 0 Å². The number of nitrogens with zero attached hydrogens (tertiary/aromatic N) is 2. The van der Waals surface area contributed by atoms with Gasteiger partial charge in [-0.15, -0.1) is 12.4 Å². The Morgan fingerprint density at radius 3 is 2.95 bits per heavy atom. The molecule has 2 rings (SSSR count). The van der Waals surface area contributed by atoms with Crippen LogP contribution in [-0.4, -0.2) is 28.5 Å². The molecule has 1 aliphatic heterocycles. The summed E-state index contributed by atoms with van der Waals surface area (Å²) >= 11 is 1.20. The van der Waals surface area contributed by atoms with Crippen molar-refractivity contribution in [3.63, 3.8) is 0 Å². The molecular formula is C12H20ClN3O2S. The SMILES string of the molecule is CC(N)C1CCCCN1Cc1csc([N+](=O)[O-])c1.Cl. The second-order valence-electron chi connectivity index (χ2n) is 4.94. The van der Waals surface area contributed by atoms with Gasteiger partial charge in [0.15, 0.2) is 0 Å². The van der Waals surface area contributed by atoms with E-state index in [4.69, 9.17) is 5.73 Å². The normalized spacial score (nSPS) is 21.7. The molecule has 1 aromatic rings. The zero-order chi connectivity index (χ0) is 13.1. The predicted molar refractivity (Wildman–Crippen MR) is 79.9 cm³/mol. The Morgan fingerprint density at radius 2 is 2.37 bits per heavy atom. The highest BCUT2D eigenvalue weighted by molar-refractivity contribution is 7.13. The third-order valence-electron chi connectivity index (χ3n) is 3.48. The van der Waals surface area contributed by atoms with Crippen molar-refractivity contribution in [2.24, 2.45) is 5.73 Å². The molecule has 2 atom stereocenters. The highest BCUT2D eigenvalue weighted by Crippen LogP contribution is 2.26. The molecule has 0 spiro atoms. The predicted octanol–water partition coefficient (Wildman–Crippen LogP) is 2.78. The van der Waals surface area contributed by atoms with E-state index in [-0.39, 0.29) is 28.4 Å². The first-order valence-corrected chi connectivity index (χ1v) is 7.17. The Bertz CT molecular complexity index is 425. The van der Waals surface area contributed by atoms with Gasteiger partial charge in [0.2, 0.25) is 0 Å². The minimum absolute atomic E-state index is 0. The van der Waals surface area contributed by atoms with Crippen molar-refractivity contribution in [1.29, 1.82) is 0 Å². The Hall–Kier alpha value is -0.690. The summed E-state index contributed by atoms with van der Waals surface area (Å²) in [4.78, 5) is 12.7. The average molecular weight is 306 g/mol. The summed E-state index contributed by atoms with van der Waals surface area (Å²) in [7, 11) is 0. The Balaban J connectivity index is 0.00000180. The van der Waals surface area contributed by atoms with E-state index in [2.05, 4.69) is 4.90 Å². The summed E-state index contributed by atoms with van der Waals surface area (Å²) < 4.78 is 0. The molecular weight excluding hydrogens is 286 g/mol. The fourth-order valence-corrected chi connectivity index (χ4v) is 3.30. The smallest absolute Gasteiger partial charge is 0.324 e. The van der Waals surface area contributed by atoms with E-state index in [1.54, 1.807) is 6.07 Å². The van der Waals surface area contributed by atoms with Gasteiger partial charge in [-0.3, -0.25) is 15.0 Å². The Labute approximate surface area is 123 Å². The van der Waals surface area contributed by atoms with Crippen LogP contribution in [0.2, 0.25) is 0 Å². The lowest BCUT2D eigenvalue weighted by Gasteiger charge is -2.37. The van der Waals surface area contributed by atoms with E-state index >= 15 is 0 Å². The molecule has 0 saturated carbocycles. The van der Waals surface area contributed by atoms with E-state index in [1.807, 2.05) is 12.3 Å². The van der Waals surface area contributed by atoms with Gasteiger partial charge in [-0.2, -0.15) is 0 Å². The van der Waals surface area contributed by atoms with Gasteiger partial charge in [0.05, 0.1) is 4.92 Å². The zero-order valence-corrected chi connectivity index (χ0v) is 12.6. The van der Waals surface area contributed by atoms with E-state index < -0.39 is 0 Å². The molecule has 2 N–H and O–H groups in total. The molecule has 1 fully saturated rings. The third-order valence-corrected chi connectivity index (χ3v) is 4.41. The maximum atomic E-state index is 10.7. The molecule has 1 aliphatic rings. The largest absolute Gasteiger partial charge is 0.327 e. The van der Waals surface area contributed by atoms with Crippen LogP contribution in [0.4, 0.5) is 5.00 Å². The van der Waals surface area contributed by atoms with Crippen LogP contribution >= 0.6 is 23.7 Å². The van der Waals surface area contributed by atoms with Gasteiger partial charge in [0.1, 0.15) is 0 Å². The number of piperidine rings is 1. The lowest BCUT2D eigenvalue weighted by atomic mass is 9.96. The van der Waals surface area contributed by atoms with Crippen LogP contribution in [-0.2, 0) is 6.54 Å². The first-order chi connectivity index (χ1) is 8.58. The highest BCUT2D eigenvalue weighted by atomic mass is 35.5. The number of likely N-dealkylation sites (tertiary alicyclic amines) is 1. The van der Waals surface area contributed by atoms with Crippen LogP contribution < -0.4 is 5.73 Å². The maximum Gasteiger partial charge on any atom is 0.324 e. The fraction of sp³-hybridized carbons (Fsp3) is 0.667. The number of hydrogen-bond donors (Lipinski definition) is 1. The van der Waals surface area contributed by atoms with E-state index in [9.17, 15) is 10.1 Å². The number of thiophene rings is 1. The molecule has 0 amide bonds. The topological polar surface area (TPSA) is 72.4 Å². The number of nitro groups is 1. The lowest BCUT2D eigenvalue weighted by Crippen LogP contribution is -2.48. The zero-order valence-electron chi connectivity index (χ0n) is 10.9. The summed E-state index contributed by atoms with van der Waals surface area (Å²) in [5, 5.41) is 12.8. The van der Waals surface area contributed by atoms with Crippen molar-refractivity contribution in [3.8, 4) is 0 Å². The van der Waals surface area contributed by atoms with E-state index in [0.29, 0.717) is 6.04 Å². The Morgan fingerprint density at radius 1 is 1.63 bits per heavy atom. The molecule has 5 nitrogen and oxygen atoms in total. The van der Waals surface area contributed by atoms with Crippen LogP contribution in [0.3, 0.4) is 0 Å². The van der Waals surface area contributed by atoms with Crippen LogP contribution in [0.25, 0.3) is 0 Å². The van der Waals surface area contributed by atoms with Crippen molar-refractivity contribution in [3.05, 3.63) is 27.1 Å². The number of nitrogens with two attached hydrogens (primary N) is 1. The van der Waals surface area contributed by atoms with Crippen molar-refractivity contribution >= 4 is 28.7 Å². The highest BCUT2D eigenvalue weighted by Gasteiger charge is 2.25. The molecule has 2 unspecified atom stereocenters. The summed E-state index contributed by atoms with van der Waals surface area (Å²) in [5.74, 6) is 0. The minimum Gasteiger partial charge on any atom is -0.327 e. The molecule has 2 heterocycles. The molecule has 0 aromatic carbocycles. The molecule has 19 heavy (non-hydrogen) atoms. The summed E-state index contributed by atoms with van der Waals surface area (Å²) in [6.45, 7) is 3.85. The quantitative estimate of drug-likeness (QED) is 0.686. The van der Waals surface area contributed by atoms with Gasteiger partial charge in [0.25, 0.3) is 0 Å². The van der Waals surface area contributed by atoms with Crippen LogP contribution in [0.1, 0.15) is 31.7 Å². The van der Waals surface area contributed by atoms with Crippen LogP contribution in [0.15, 0.2) is 11.4 Å². The van der Waals surface area contributed by atoms with E-state index in [1.165, 1.54) is 24.2 Å². The molecule has 1 aromatic heterocycles. The number of halogens is 1. The number of hydrogen-bond acceptors (Lipinski definition) is 5. The second kappa shape index (κ2) is 7.19. The lowest BCUT2D eigenvalue weighted by molar-refractivity contribution is -0.380. The van der Waals surface area contributed by atoms with Crippen molar-refractivity contribution < 1.29 is 4.92 Å². The van der Waals surface area contributed by atoms with Crippen LogP contribution in [0, 0.1) is 10.1 Å². The van der Waals surface area contributed by atoms with Gasteiger partial charge in [0, 0.05) is 30.1 Å².